The van der Waals surface area contributed by atoms with Crippen molar-refractivity contribution < 1.29 is 0 Å². The second-order valence-corrected chi connectivity index (χ2v) is 5.40. The molecule has 78 valence electrons. The summed E-state index contributed by atoms with van der Waals surface area (Å²) < 4.78 is -1.51. The lowest BCUT2D eigenvalue weighted by Crippen LogP contribution is -2.41. The standard InChI is InChI=1S/C9H11Cl3N2/c1-6-2-4-7(5-3-6)14-8(13)9(10,11)12/h2-5,8,14H,13H2,1H3. The summed E-state index contributed by atoms with van der Waals surface area (Å²) in [5.74, 6) is 0. The summed E-state index contributed by atoms with van der Waals surface area (Å²) >= 11 is 16.8. The highest BCUT2D eigenvalue weighted by Crippen LogP contribution is 2.29. The number of halogens is 3. The van der Waals surface area contributed by atoms with Crippen LogP contribution in [-0.4, -0.2) is 9.96 Å². The van der Waals surface area contributed by atoms with Crippen molar-refractivity contribution >= 4 is 40.5 Å². The Hall–Kier alpha value is -0.150. The van der Waals surface area contributed by atoms with Gasteiger partial charge >= 0.3 is 0 Å². The van der Waals surface area contributed by atoms with Gasteiger partial charge in [0.05, 0.1) is 0 Å². The number of alkyl halides is 3. The van der Waals surface area contributed by atoms with Gasteiger partial charge in [0.2, 0.25) is 3.79 Å². The number of hydrogen-bond donors (Lipinski definition) is 2. The highest BCUT2D eigenvalue weighted by Gasteiger charge is 2.28. The zero-order chi connectivity index (χ0) is 10.8. The van der Waals surface area contributed by atoms with Crippen LogP contribution in [0.5, 0.6) is 0 Å². The van der Waals surface area contributed by atoms with Crippen molar-refractivity contribution in [2.45, 2.75) is 16.9 Å². The number of hydrogen-bond acceptors (Lipinski definition) is 2. The molecule has 1 unspecified atom stereocenters. The molecule has 14 heavy (non-hydrogen) atoms. The largest absolute Gasteiger partial charge is 0.366 e. The summed E-state index contributed by atoms with van der Waals surface area (Å²) in [6.07, 6.45) is -0.727. The molecule has 1 aromatic carbocycles. The predicted molar refractivity (Wildman–Crippen MR) is 63.1 cm³/mol. The first kappa shape index (κ1) is 11.9. The van der Waals surface area contributed by atoms with Crippen LogP contribution in [0.1, 0.15) is 5.56 Å². The van der Waals surface area contributed by atoms with Gasteiger partial charge < -0.3 is 11.1 Å². The van der Waals surface area contributed by atoms with Gasteiger partial charge in [-0.25, -0.2) is 0 Å². The lowest BCUT2D eigenvalue weighted by atomic mass is 10.2. The van der Waals surface area contributed by atoms with E-state index in [1.165, 1.54) is 0 Å². The minimum atomic E-state index is -1.51. The van der Waals surface area contributed by atoms with Crippen LogP contribution in [0.3, 0.4) is 0 Å². The summed E-state index contributed by atoms with van der Waals surface area (Å²) in [4.78, 5) is 0. The van der Waals surface area contributed by atoms with Gasteiger partial charge in [-0.05, 0) is 19.1 Å². The van der Waals surface area contributed by atoms with Gasteiger partial charge in [0.15, 0.2) is 0 Å². The van der Waals surface area contributed by atoms with Crippen LogP contribution in [0.15, 0.2) is 24.3 Å². The number of anilines is 1. The molecule has 0 aliphatic heterocycles. The maximum absolute atomic E-state index is 5.61. The monoisotopic (exact) mass is 252 g/mol. The number of nitrogens with one attached hydrogen (secondary N) is 1. The third kappa shape index (κ3) is 3.54. The Morgan fingerprint density at radius 3 is 2.14 bits per heavy atom. The average molecular weight is 254 g/mol. The highest BCUT2D eigenvalue weighted by molar-refractivity contribution is 6.68. The Balaban J connectivity index is 2.65. The van der Waals surface area contributed by atoms with E-state index in [2.05, 4.69) is 5.32 Å². The Bertz CT molecular complexity index is 292. The zero-order valence-corrected chi connectivity index (χ0v) is 9.87. The third-order valence-corrected chi connectivity index (χ3v) is 2.43. The van der Waals surface area contributed by atoms with Gasteiger partial charge in [0.1, 0.15) is 6.17 Å². The quantitative estimate of drug-likeness (QED) is 0.628. The molecule has 0 aromatic heterocycles. The van der Waals surface area contributed by atoms with E-state index in [0.29, 0.717) is 0 Å². The van der Waals surface area contributed by atoms with Crippen LogP contribution in [0, 0.1) is 6.92 Å². The molecule has 2 nitrogen and oxygen atoms in total. The second-order valence-electron chi connectivity index (χ2n) is 3.03. The molecule has 1 atom stereocenters. The summed E-state index contributed by atoms with van der Waals surface area (Å²) in [7, 11) is 0. The Morgan fingerprint density at radius 1 is 1.21 bits per heavy atom. The minimum absolute atomic E-state index is 0.727. The van der Waals surface area contributed by atoms with E-state index in [1.807, 2.05) is 31.2 Å². The SMILES string of the molecule is Cc1ccc(NC(N)C(Cl)(Cl)Cl)cc1. The van der Waals surface area contributed by atoms with Crippen LogP contribution >= 0.6 is 34.8 Å². The first-order chi connectivity index (χ1) is 6.39. The Morgan fingerprint density at radius 2 is 1.71 bits per heavy atom. The van der Waals surface area contributed by atoms with Gasteiger partial charge in [-0.15, -0.1) is 0 Å². The lowest BCUT2D eigenvalue weighted by molar-refractivity contribution is 0.781. The van der Waals surface area contributed by atoms with E-state index in [4.69, 9.17) is 40.5 Å². The molecular weight excluding hydrogens is 242 g/mol. The average Bonchev–Trinajstić information content (AvgIpc) is 2.07. The van der Waals surface area contributed by atoms with Gasteiger partial charge in [-0.1, -0.05) is 52.5 Å². The first-order valence-corrected chi connectivity index (χ1v) is 5.18. The summed E-state index contributed by atoms with van der Waals surface area (Å²) in [6, 6.07) is 7.66. The molecule has 0 radical (unpaired) electrons. The van der Waals surface area contributed by atoms with Gasteiger partial charge in [0, 0.05) is 5.69 Å². The van der Waals surface area contributed by atoms with Crippen LogP contribution in [-0.2, 0) is 0 Å². The number of aryl methyl sites for hydroxylation is 1. The molecule has 3 N–H and O–H groups in total. The summed E-state index contributed by atoms with van der Waals surface area (Å²) in [6.45, 7) is 2.00. The fraction of sp³-hybridized carbons (Fsp3) is 0.333. The van der Waals surface area contributed by atoms with Crippen molar-refractivity contribution in [3.05, 3.63) is 29.8 Å². The van der Waals surface area contributed by atoms with Crippen molar-refractivity contribution in [3.63, 3.8) is 0 Å². The molecule has 1 aromatic rings. The maximum atomic E-state index is 5.61. The highest BCUT2D eigenvalue weighted by atomic mass is 35.6. The molecule has 0 heterocycles. The van der Waals surface area contributed by atoms with Gasteiger partial charge in [-0.3, -0.25) is 0 Å². The molecule has 5 heteroatoms. The molecule has 1 rings (SSSR count). The molecular formula is C9H11Cl3N2. The fourth-order valence-electron chi connectivity index (χ4n) is 0.911. The van der Waals surface area contributed by atoms with E-state index in [0.717, 1.165) is 11.3 Å². The van der Waals surface area contributed by atoms with E-state index in [1.54, 1.807) is 0 Å². The topological polar surface area (TPSA) is 38.0 Å². The molecule has 0 bridgehead atoms. The summed E-state index contributed by atoms with van der Waals surface area (Å²) in [5.41, 5.74) is 7.61. The zero-order valence-electron chi connectivity index (χ0n) is 7.60. The number of rotatable bonds is 2. The van der Waals surface area contributed by atoms with Crippen molar-refractivity contribution in [1.82, 2.24) is 0 Å². The number of nitrogens with two attached hydrogens (primary N) is 1. The maximum Gasteiger partial charge on any atom is 0.223 e. The minimum Gasteiger partial charge on any atom is -0.366 e. The molecule has 0 aliphatic rings. The van der Waals surface area contributed by atoms with Crippen molar-refractivity contribution in [2.75, 3.05) is 5.32 Å². The first-order valence-electron chi connectivity index (χ1n) is 4.05. The van der Waals surface area contributed by atoms with Crippen LogP contribution < -0.4 is 11.1 Å². The lowest BCUT2D eigenvalue weighted by Gasteiger charge is -2.22. The molecule has 0 saturated heterocycles. The van der Waals surface area contributed by atoms with E-state index >= 15 is 0 Å². The molecule has 0 amide bonds. The molecule has 0 spiro atoms. The van der Waals surface area contributed by atoms with E-state index < -0.39 is 9.96 Å². The van der Waals surface area contributed by atoms with Crippen LogP contribution in [0.4, 0.5) is 5.69 Å². The smallest absolute Gasteiger partial charge is 0.223 e. The van der Waals surface area contributed by atoms with Crippen LogP contribution in [0.25, 0.3) is 0 Å². The molecule has 0 aliphatic carbocycles. The van der Waals surface area contributed by atoms with Crippen LogP contribution in [0.2, 0.25) is 0 Å². The van der Waals surface area contributed by atoms with Gasteiger partial charge in [-0.2, -0.15) is 0 Å². The van der Waals surface area contributed by atoms with Crippen molar-refractivity contribution in [3.8, 4) is 0 Å². The number of benzene rings is 1. The predicted octanol–water partition coefficient (Wildman–Crippen LogP) is 3.06. The summed E-state index contributed by atoms with van der Waals surface area (Å²) in [5, 5.41) is 2.89. The third-order valence-electron chi connectivity index (χ3n) is 1.73. The molecule has 0 fully saturated rings. The fourth-order valence-corrected chi connectivity index (χ4v) is 1.07. The molecule has 0 saturated carbocycles. The second kappa shape index (κ2) is 4.58. The normalized spacial score (nSPS) is 13.8. The van der Waals surface area contributed by atoms with E-state index in [-0.39, 0.29) is 0 Å². The Kier molecular flexibility index (Phi) is 3.90. The van der Waals surface area contributed by atoms with E-state index in [9.17, 15) is 0 Å². The van der Waals surface area contributed by atoms with Crippen molar-refractivity contribution in [1.29, 1.82) is 0 Å². The van der Waals surface area contributed by atoms with Gasteiger partial charge in [0.25, 0.3) is 0 Å². The Labute approximate surface area is 98.3 Å². The van der Waals surface area contributed by atoms with Crippen molar-refractivity contribution in [2.24, 2.45) is 5.73 Å².